The van der Waals surface area contributed by atoms with Gasteiger partial charge in [-0.15, -0.1) is 5.92 Å². The number of ether oxygens (including phenoxy) is 1. The molecule has 1 aliphatic rings. The Kier molecular flexibility index (Phi) is 3.95. The molecule has 8 nitrogen and oxygen atoms in total. The van der Waals surface area contributed by atoms with E-state index in [0.29, 0.717) is 0 Å². The average molecular weight is 298 g/mol. The number of hydrogen-bond acceptors (Lipinski definition) is 7. The number of rotatable bonds is 2. The summed E-state index contributed by atoms with van der Waals surface area (Å²) in [5.41, 5.74) is 1.79. The summed E-state index contributed by atoms with van der Waals surface area (Å²) in [6.45, 7) is 2.71. The van der Waals surface area contributed by atoms with Crippen molar-refractivity contribution in [2.45, 2.75) is 44.1 Å². The van der Waals surface area contributed by atoms with Gasteiger partial charge in [-0.2, -0.15) is 4.98 Å². The van der Waals surface area contributed by atoms with Gasteiger partial charge in [0.05, 0.1) is 6.10 Å². The van der Waals surface area contributed by atoms with Crippen molar-refractivity contribution < 1.29 is 19.3 Å². The first-order valence-electron chi connectivity index (χ1n) is 6.16. The van der Waals surface area contributed by atoms with Crippen molar-refractivity contribution in [3.63, 3.8) is 0 Å². The van der Waals surface area contributed by atoms with Crippen LogP contribution in [0.4, 0.5) is 10.3 Å². The Bertz CT molecular complexity index is 653. The van der Waals surface area contributed by atoms with Gasteiger partial charge in [0.15, 0.2) is 6.23 Å². The zero-order chi connectivity index (χ0) is 15.8. The van der Waals surface area contributed by atoms with Gasteiger partial charge in [0.2, 0.25) is 11.6 Å². The lowest BCUT2D eigenvalue weighted by Gasteiger charge is -2.23. The van der Waals surface area contributed by atoms with Crippen molar-refractivity contribution in [3.8, 4) is 11.8 Å². The second-order valence-corrected chi connectivity index (χ2v) is 4.69. The lowest BCUT2D eigenvalue weighted by atomic mass is 9.94. The molecule has 0 spiro atoms. The van der Waals surface area contributed by atoms with Crippen LogP contribution in [0, 0.1) is 11.8 Å². The number of aliphatic hydroxyl groups excluding tert-OH is 2. The van der Waals surface area contributed by atoms with Gasteiger partial charge in [0.1, 0.15) is 18.5 Å². The Hall–Kier alpha value is -2.02. The van der Waals surface area contributed by atoms with E-state index in [-0.39, 0.29) is 5.95 Å². The van der Waals surface area contributed by atoms with Crippen molar-refractivity contribution in [3.05, 3.63) is 16.8 Å². The minimum absolute atomic E-state index is 0.270. The Morgan fingerprint density at radius 3 is 2.86 bits per heavy atom. The van der Waals surface area contributed by atoms with Gasteiger partial charge in [-0.25, -0.2) is 14.2 Å². The van der Waals surface area contributed by atoms with Crippen LogP contribution in [0.2, 0.25) is 0 Å². The highest BCUT2D eigenvalue weighted by Crippen LogP contribution is 2.41. The van der Waals surface area contributed by atoms with E-state index >= 15 is 4.39 Å². The van der Waals surface area contributed by atoms with Gasteiger partial charge in [0, 0.05) is 0 Å². The van der Waals surface area contributed by atoms with Crippen LogP contribution < -0.4 is 11.4 Å². The fourth-order valence-electron chi connectivity index (χ4n) is 2.20. The van der Waals surface area contributed by atoms with E-state index < -0.39 is 35.9 Å². The van der Waals surface area contributed by atoms with Gasteiger partial charge in [-0.05, 0) is 13.8 Å². The number of alkyl halides is 1. The van der Waals surface area contributed by atoms with E-state index in [0.717, 1.165) is 10.9 Å². The van der Waals surface area contributed by atoms with Crippen molar-refractivity contribution >= 4 is 5.95 Å². The van der Waals surface area contributed by atoms with Crippen molar-refractivity contribution in [1.29, 1.82) is 0 Å². The third-order valence-electron chi connectivity index (χ3n) is 3.18. The van der Waals surface area contributed by atoms with Crippen LogP contribution in [-0.4, -0.2) is 48.7 Å². The number of anilines is 1. The Labute approximate surface area is 119 Å². The summed E-state index contributed by atoms with van der Waals surface area (Å²) in [6.07, 6.45) is -4.78. The smallest absolute Gasteiger partial charge is 0.354 e. The first-order valence-corrected chi connectivity index (χ1v) is 6.16. The van der Waals surface area contributed by atoms with E-state index in [4.69, 9.17) is 10.5 Å². The van der Waals surface area contributed by atoms with Gasteiger partial charge in [-0.3, -0.25) is 4.57 Å². The third kappa shape index (κ3) is 2.49. The van der Waals surface area contributed by atoms with Gasteiger partial charge >= 0.3 is 5.69 Å². The number of hydrogen-bond donors (Lipinski definition) is 3. The number of nitrogens with two attached hydrogens (primary N) is 1. The molecule has 2 heterocycles. The lowest BCUT2D eigenvalue weighted by Crippen LogP contribution is -2.45. The van der Waals surface area contributed by atoms with Crippen molar-refractivity contribution in [2.75, 3.05) is 5.73 Å². The summed E-state index contributed by atoms with van der Waals surface area (Å²) in [7, 11) is 0. The van der Waals surface area contributed by atoms with Crippen LogP contribution in [0.1, 0.15) is 20.1 Å². The molecule has 21 heavy (non-hydrogen) atoms. The van der Waals surface area contributed by atoms with Crippen molar-refractivity contribution in [2.24, 2.45) is 0 Å². The molecule has 1 unspecified atom stereocenters. The molecule has 0 radical (unpaired) electrons. The maximum absolute atomic E-state index is 15.0. The molecule has 5 atom stereocenters. The third-order valence-corrected chi connectivity index (χ3v) is 3.18. The number of nitrogens with zero attached hydrogens (tertiary/aromatic N) is 3. The van der Waals surface area contributed by atoms with Crippen LogP contribution in [0.25, 0.3) is 0 Å². The maximum atomic E-state index is 15.0. The zero-order valence-corrected chi connectivity index (χ0v) is 11.4. The molecule has 1 aliphatic heterocycles. The van der Waals surface area contributed by atoms with E-state index in [1.54, 1.807) is 0 Å². The van der Waals surface area contributed by atoms with E-state index in [1.165, 1.54) is 13.8 Å². The quantitative estimate of drug-likeness (QED) is 0.573. The summed E-state index contributed by atoms with van der Waals surface area (Å²) < 4.78 is 21.1. The normalized spacial score (nSPS) is 33.3. The highest BCUT2D eigenvalue weighted by atomic mass is 19.1. The number of aromatic nitrogens is 3. The molecule has 1 aromatic rings. The van der Waals surface area contributed by atoms with Crippen molar-refractivity contribution in [1.82, 2.24) is 14.5 Å². The summed E-state index contributed by atoms with van der Waals surface area (Å²) in [5, 5.41) is 19.6. The SMILES string of the molecule is CC#CC1(F)[C@@H](O)[C@@H]([C@H](C)O)O[C@H]1n1cnc(N)nc1=O. The fourth-order valence-corrected chi connectivity index (χ4v) is 2.20. The van der Waals surface area contributed by atoms with E-state index in [1.807, 2.05) is 0 Å². The highest BCUT2D eigenvalue weighted by Gasteiger charge is 2.59. The molecule has 114 valence electrons. The molecule has 0 aromatic carbocycles. The predicted molar refractivity (Wildman–Crippen MR) is 69.6 cm³/mol. The molecule has 1 saturated heterocycles. The minimum Gasteiger partial charge on any atom is -0.391 e. The molecule has 0 saturated carbocycles. The Morgan fingerprint density at radius 2 is 2.33 bits per heavy atom. The van der Waals surface area contributed by atoms with Crippen LogP contribution in [0.15, 0.2) is 11.1 Å². The minimum atomic E-state index is -2.58. The maximum Gasteiger partial charge on any atom is 0.354 e. The van der Waals surface area contributed by atoms with Crippen LogP contribution in [0.3, 0.4) is 0 Å². The van der Waals surface area contributed by atoms with Crippen LogP contribution in [-0.2, 0) is 4.74 Å². The lowest BCUT2D eigenvalue weighted by molar-refractivity contribution is -0.0806. The fraction of sp³-hybridized carbons (Fsp3) is 0.583. The number of aliphatic hydroxyl groups is 2. The molecule has 2 rings (SSSR count). The molecule has 0 bridgehead atoms. The van der Waals surface area contributed by atoms with Crippen LogP contribution in [0.5, 0.6) is 0 Å². The molecule has 9 heteroatoms. The molecule has 0 aliphatic carbocycles. The second kappa shape index (κ2) is 5.40. The van der Waals surface area contributed by atoms with E-state index in [2.05, 4.69) is 21.8 Å². The molecular weight excluding hydrogens is 283 g/mol. The second-order valence-electron chi connectivity index (χ2n) is 4.69. The van der Waals surface area contributed by atoms with Gasteiger partial charge in [-0.1, -0.05) is 5.92 Å². The average Bonchev–Trinajstić information content (AvgIpc) is 2.64. The molecule has 0 amide bonds. The molecule has 1 fully saturated rings. The summed E-state index contributed by atoms with van der Waals surface area (Å²) >= 11 is 0. The largest absolute Gasteiger partial charge is 0.391 e. The molecule has 1 aromatic heterocycles. The van der Waals surface area contributed by atoms with E-state index in [9.17, 15) is 15.0 Å². The monoisotopic (exact) mass is 298 g/mol. The van der Waals surface area contributed by atoms with Crippen LogP contribution >= 0.6 is 0 Å². The highest BCUT2D eigenvalue weighted by molar-refractivity contribution is 5.23. The summed E-state index contributed by atoms with van der Waals surface area (Å²) in [4.78, 5) is 18.8. The summed E-state index contributed by atoms with van der Waals surface area (Å²) in [5.74, 6) is 4.27. The Morgan fingerprint density at radius 1 is 1.67 bits per heavy atom. The number of nitrogen functional groups attached to an aromatic ring is 1. The first-order chi connectivity index (χ1) is 9.81. The Balaban J connectivity index is 2.54. The molecular formula is C12H15FN4O4. The first kappa shape index (κ1) is 15.4. The number of halogens is 1. The standard InChI is InChI=1S/C12H15FN4O4/c1-3-4-12(13)8(19)7(6(2)18)21-9(12)17-5-15-10(14)16-11(17)20/h5-9,18-19H,1-2H3,(H2,14,16,20)/t6-,7+,8-,9+,12?/m0/s1. The van der Waals surface area contributed by atoms with Gasteiger partial charge in [0.25, 0.3) is 0 Å². The molecule has 4 N–H and O–H groups in total. The predicted octanol–water partition coefficient (Wildman–Crippen LogP) is -1.41. The zero-order valence-electron chi connectivity index (χ0n) is 11.4. The van der Waals surface area contributed by atoms with Gasteiger partial charge < -0.3 is 20.7 Å². The summed E-state index contributed by atoms with van der Waals surface area (Å²) in [6, 6.07) is 0. The topological polar surface area (TPSA) is 123 Å².